The van der Waals surface area contributed by atoms with E-state index in [1.807, 2.05) is 24.3 Å². The van der Waals surface area contributed by atoms with Crippen molar-refractivity contribution in [2.75, 3.05) is 14.2 Å². The Labute approximate surface area is 124 Å². The largest absolute Gasteiger partial charge is 0.497 e. The number of hydrogen-bond donors (Lipinski definition) is 1. The molecule has 1 unspecified atom stereocenters. The average Bonchev–Trinajstić information content (AvgIpc) is 2.80. The molecule has 20 heavy (non-hydrogen) atoms. The molecule has 0 aromatic heterocycles. The molecule has 110 valence electrons. The number of amidine groups is 1. The van der Waals surface area contributed by atoms with Crippen molar-refractivity contribution in [2.24, 2.45) is 0 Å². The molecule has 1 fully saturated rings. The maximum absolute atomic E-state index is 11.7. The SMILES string of the molecule is COC(=O)C1CCC(=N)N1Cc1ccc(OC)cc1.Cl. The van der Waals surface area contributed by atoms with E-state index in [1.165, 1.54) is 7.11 Å². The van der Waals surface area contributed by atoms with Crippen LogP contribution >= 0.6 is 12.4 Å². The Morgan fingerprint density at radius 1 is 1.35 bits per heavy atom. The summed E-state index contributed by atoms with van der Waals surface area (Å²) < 4.78 is 9.90. The smallest absolute Gasteiger partial charge is 0.328 e. The zero-order valence-electron chi connectivity index (χ0n) is 11.6. The first-order chi connectivity index (χ1) is 9.15. The number of carbonyl (C=O) groups excluding carboxylic acids is 1. The molecule has 1 atom stereocenters. The number of methoxy groups -OCH3 is 2. The van der Waals surface area contributed by atoms with E-state index in [0.29, 0.717) is 25.2 Å². The van der Waals surface area contributed by atoms with E-state index < -0.39 is 0 Å². The van der Waals surface area contributed by atoms with Crippen molar-refractivity contribution in [1.82, 2.24) is 4.90 Å². The van der Waals surface area contributed by atoms with Gasteiger partial charge in [-0.3, -0.25) is 5.41 Å². The molecule has 6 heteroatoms. The first-order valence-electron chi connectivity index (χ1n) is 6.20. The number of carbonyl (C=O) groups is 1. The van der Waals surface area contributed by atoms with Crippen LogP contribution in [0.25, 0.3) is 0 Å². The lowest BCUT2D eigenvalue weighted by Crippen LogP contribution is -2.38. The number of nitrogens with zero attached hydrogens (tertiary/aromatic N) is 1. The van der Waals surface area contributed by atoms with Gasteiger partial charge in [0.15, 0.2) is 0 Å². The Morgan fingerprint density at radius 3 is 2.55 bits per heavy atom. The highest BCUT2D eigenvalue weighted by atomic mass is 35.5. The summed E-state index contributed by atoms with van der Waals surface area (Å²) in [6, 6.07) is 7.31. The minimum atomic E-state index is -0.334. The van der Waals surface area contributed by atoms with Crippen LogP contribution in [0.4, 0.5) is 0 Å². The number of hydrogen-bond acceptors (Lipinski definition) is 4. The van der Waals surface area contributed by atoms with Gasteiger partial charge in [-0.1, -0.05) is 12.1 Å². The minimum Gasteiger partial charge on any atom is -0.497 e. The lowest BCUT2D eigenvalue weighted by Gasteiger charge is -2.24. The summed E-state index contributed by atoms with van der Waals surface area (Å²) in [5.41, 5.74) is 1.04. The van der Waals surface area contributed by atoms with E-state index in [4.69, 9.17) is 14.9 Å². The van der Waals surface area contributed by atoms with Crippen LogP contribution in [0.3, 0.4) is 0 Å². The van der Waals surface area contributed by atoms with E-state index in [0.717, 1.165) is 11.3 Å². The number of esters is 1. The Balaban J connectivity index is 0.00000200. The molecule has 1 aromatic rings. The molecule has 0 saturated carbocycles. The number of ether oxygens (including phenoxy) is 2. The van der Waals surface area contributed by atoms with Crippen LogP contribution < -0.4 is 4.74 Å². The average molecular weight is 299 g/mol. The van der Waals surface area contributed by atoms with E-state index >= 15 is 0 Å². The Hall–Kier alpha value is -1.75. The molecule has 0 aliphatic carbocycles. The van der Waals surface area contributed by atoms with Crippen molar-refractivity contribution in [3.05, 3.63) is 29.8 Å². The fourth-order valence-electron chi connectivity index (χ4n) is 2.28. The predicted octanol–water partition coefficient (Wildman–Crippen LogP) is 2.23. The molecule has 0 spiro atoms. The van der Waals surface area contributed by atoms with Gasteiger partial charge in [0.1, 0.15) is 11.8 Å². The molecule has 1 aliphatic heterocycles. The second kappa shape index (κ2) is 7.14. The summed E-state index contributed by atoms with van der Waals surface area (Å²) in [5.74, 6) is 1.02. The fraction of sp³-hybridized carbons (Fsp3) is 0.429. The molecular formula is C14H19ClN2O3. The molecular weight excluding hydrogens is 280 g/mol. The first-order valence-corrected chi connectivity index (χ1v) is 6.20. The van der Waals surface area contributed by atoms with Gasteiger partial charge in [-0.15, -0.1) is 12.4 Å². The highest BCUT2D eigenvalue weighted by Gasteiger charge is 2.34. The van der Waals surface area contributed by atoms with Crippen LogP contribution in [-0.4, -0.2) is 37.0 Å². The van der Waals surface area contributed by atoms with E-state index in [-0.39, 0.29) is 24.4 Å². The third-order valence-corrected chi connectivity index (χ3v) is 3.36. The van der Waals surface area contributed by atoms with Crippen LogP contribution in [0.2, 0.25) is 0 Å². The summed E-state index contributed by atoms with van der Waals surface area (Å²) in [5, 5.41) is 7.93. The molecule has 1 N–H and O–H groups in total. The van der Waals surface area contributed by atoms with Crippen molar-refractivity contribution in [3.8, 4) is 5.75 Å². The van der Waals surface area contributed by atoms with Crippen molar-refractivity contribution in [1.29, 1.82) is 5.41 Å². The van der Waals surface area contributed by atoms with E-state index in [2.05, 4.69) is 0 Å². The molecule has 1 heterocycles. The van der Waals surface area contributed by atoms with Gasteiger partial charge in [0, 0.05) is 13.0 Å². The summed E-state index contributed by atoms with van der Waals surface area (Å²) in [7, 11) is 3.01. The van der Waals surface area contributed by atoms with Gasteiger partial charge < -0.3 is 14.4 Å². The second-order valence-corrected chi connectivity index (χ2v) is 4.50. The van der Waals surface area contributed by atoms with Crippen molar-refractivity contribution in [2.45, 2.75) is 25.4 Å². The normalized spacial score (nSPS) is 17.6. The molecule has 1 saturated heterocycles. The monoisotopic (exact) mass is 298 g/mol. The van der Waals surface area contributed by atoms with Gasteiger partial charge in [-0.05, 0) is 24.1 Å². The molecule has 0 amide bonds. The summed E-state index contributed by atoms with van der Waals surface area (Å²) in [4.78, 5) is 13.5. The quantitative estimate of drug-likeness (QED) is 0.866. The summed E-state index contributed by atoms with van der Waals surface area (Å²) in [6.07, 6.45) is 1.28. The van der Waals surface area contributed by atoms with Gasteiger partial charge in [-0.25, -0.2) is 4.79 Å². The van der Waals surface area contributed by atoms with Crippen LogP contribution in [0.15, 0.2) is 24.3 Å². The zero-order valence-corrected chi connectivity index (χ0v) is 12.4. The second-order valence-electron chi connectivity index (χ2n) is 4.50. The van der Waals surface area contributed by atoms with Crippen molar-refractivity contribution in [3.63, 3.8) is 0 Å². The summed E-state index contributed by atoms with van der Waals surface area (Å²) in [6.45, 7) is 0.544. The lowest BCUT2D eigenvalue weighted by atomic mass is 10.2. The number of nitrogens with one attached hydrogen (secondary N) is 1. The molecule has 0 bridgehead atoms. The maximum atomic E-state index is 11.7. The van der Waals surface area contributed by atoms with Crippen LogP contribution in [-0.2, 0) is 16.1 Å². The lowest BCUT2D eigenvalue weighted by molar-refractivity contribution is -0.145. The standard InChI is InChI=1S/C14H18N2O3.ClH/c1-18-11-5-3-10(4-6-11)9-16-12(14(17)19-2)7-8-13(16)15;/h3-6,12,15H,7-9H2,1-2H3;1H. The highest BCUT2D eigenvalue weighted by molar-refractivity contribution is 5.89. The molecule has 0 radical (unpaired) electrons. The number of benzene rings is 1. The van der Waals surface area contributed by atoms with Crippen molar-refractivity contribution >= 4 is 24.2 Å². The molecule has 5 nitrogen and oxygen atoms in total. The Kier molecular flexibility index (Phi) is 5.82. The number of halogens is 1. The highest BCUT2D eigenvalue weighted by Crippen LogP contribution is 2.23. The van der Waals surface area contributed by atoms with E-state index in [9.17, 15) is 4.79 Å². The van der Waals surface area contributed by atoms with Gasteiger partial charge in [0.2, 0.25) is 0 Å². The first kappa shape index (κ1) is 16.3. The third-order valence-electron chi connectivity index (χ3n) is 3.36. The molecule has 1 aromatic carbocycles. The van der Waals surface area contributed by atoms with Crippen molar-refractivity contribution < 1.29 is 14.3 Å². The minimum absolute atomic E-state index is 0. The van der Waals surface area contributed by atoms with E-state index in [1.54, 1.807) is 12.0 Å². The van der Waals surface area contributed by atoms with Crippen LogP contribution in [0, 0.1) is 5.41 Å². The Morgan fingerprint density at radius 2 is 2.00 bits per heavy atom. The zero-order chi connectivity index (χ0) is 13.8. The fourth-order valence-corrected chi connectivity index (χ4v) is 2.28. The Bertz CT molecular complexity index is 476. The molecule has 1 aliphatic rings. The number of likely N-dealkylation sites (tertiary alicyclic amines) is 1. The topological polar surface area (TPSA) is 62.6 Å². The van der Waals surface area contributed by atoms with Crippen LogP contribution in [0.5, 0.6) is 5.75 Å². The number of rotatable bonds is 4. The summed E-state index contributed by atoms with van der Waals surface area (Å²) >= 11 is 0. The molecule has 2 rings (SSSR count). The van der Waals surface area contributed by atoms with Gasteiger partial charge in [0.05, 0.1) is 20.1 Å². The predicted molar refractivity (Wildman–Crippen MR) is 78.5 cm³/mol. The van der Waals surface area contributed by atoms with Gasteiger partial charge in [-0.2, -0.15) is 0 Å². The van der Waals surface area contributed by atoms with Crippen LogP contribution in [0.1, 0.15) is 18.4 Å². The third kappa shape index (κ3) is 3.42. The maximum Gasteiger partial charge on any atom is 0.328 e. The van der Waals surface area contributed by atoms with Gasteiger partial charge >= 0.3 is 5.97 Å². The van der Waals surface area contributed by atoms with Gasteiger partial charge in [0.25, 0.3) is 0 Å².